The molecule has 1 aliphatic carbocycles. The molecule has 8 heteroatoms. The fourth-order valence-corrected chi connectivity index (χ4v) is 1.67. The molecule has 0 unspecified atom stereocenters. The number of anilines is 2. The lowest BCUT2D eigenvalue weighted by Crippen LogP contribution is -2.36. The van der Waals surface area contributed by atoms with Gasteiger partial charge in [0.1, 0.15) is 5.82 Å². The number of carbonyl (C=O) groups is 1. The van der Waals surface area contributed by atoms with Gasteiger partial charge >= 0.3 is 5.69 Å². The van der Waals surface area contributed by atoms with Gasteiger partial charge in [0.05, 0.1) is 11.5 Å². The lowest BCUT2D eigenvalue weighted by Gasteiger charge is -2.17. The largest absolute Gasteiger partial charge is 0.384 e. The SMILES string of the molecule is CN(CC(=O)NC1CC1)c1nc(N)ccc1[N+](=O)[O-]. The number of pyridine rings is 1. The second kappa shape index (κ2) is 5.09. The number of rotatable bonds is 5. The molecule has 19 heavy (non-hydrogen) atoms. The van der Waals surface area contributed by atoms with E-state index in [4.69, 9.17) is 5.73 Å². The molecule has 102 valence electrons. The van der Waals surface area contributed by atoms with Crippen LogP contribution in [0.5, 0.6) is 0 Å². The van der Waals surface area contributed by atoms with Crippen LogP contribution in [0, 0.1) is 10.1 Å². The van der Waals surface area contributed by atoms with E-state index in [-0.39, 0.29) is 35.8 Å². The highest BCUT2D eigenvalue weighted by Gasteiger charge is 2.25. The molecular formula is C11H15N5O3. The molecule has 1 aromatic rings. The van der Waals surface area contributed by atoms with E-state index in [1.165, 1.54) is 17.0 Å². The summed E-state index contributed by atoms with van der Waals surface area (Å²) in [5.74, 6) is 0.0921. The first-order valence-electron chi connectivity index (χ1n) is 5.89. The maximum atomic E-state index is 11.7. The van der Waals surface area contributed by atoms with Crippen LogP contribution in [-0.4, -0.2) is 35.4 Å². The van der Waals surface area contributed by atoms with Crippen LogP contribution in [0.2, 0.25) is 0 Å². The summed E-state index contributed by atoms with van der Waals surface area (Å²) in [5, 5.41) is 13.7. The Labute approximate surface area is 109 Å². The molecule has 0 spiro atoms. The van der Waals surface area contributed by atoms with Gasteiger partial charge in [-0.05, 0) is 18.9 Å². The molecule has 0 aromatic carbocycles. The highest BCUT2D eigenvalue weighted by atomic mass is 16.6. The molecule has 2 rings (SSSR count). The molecule has 3 N–H and O–H groups in total. The van der Waals surface area contributed by atoms with Gasteiger partial charge in [-0.3, -0.25) is 14.9 Å². The molecule has 0 radical (unpaired) electrons. The Morgan fingerprint density at radius 2 is 2.32 bits per heavy atom. The van der Waals surface area contributed by atoms with E-state index >= 15 is 0 Å². The summed E-state index contributed by atoms with van der Waals surface area (Å²) < 4.78 is 0. The Kier molecular flexibility index (Phi) is 3.50. The topological polar surface area (TPSA) is 114 Å². The van der Waals surface area contributed by atoms with Crippen molar-refractivity contribution < 1.29 is 9.72 Å². The second-order valence-electron chi connectivity index (χ2n) is 4.53. The van der Waals surface area contributed by atoms with E-state index in [9.17, 15) is 14.9 Å². The first kappa shape index (κ1) is 13.1. The van der Waals surface area contributed by atoms with Crippen molar-refractivity contribution in [3.05, 3.63) is 22.2 Å². The third-order valence-electron chi connectivity index (χ3n) is 2.76. The summed E-state index contributed by atoms with van der Waals surface area (Å²) in [4.78, 5) is 27.4. The van der Waals surface area contributed by atoms with E-state index in [2.05, 4.69) is 10.3 Å². The zero-order chi connectivity index (χ0) is 14.0. The number of likely N-dealkylation sites (N-methyl/N-ethyl adjacent to an activating group) is 1. The van der Waals surface area contributed by atoms with Gasteiger partial charge in [0.25, 0.3) is 0 Å². The molecule has 1 aliphatic rings. The Balaban J connectivity index is 2.12. The Hall–Kier alpha value is -2.38. The monoisotopic (exact) mass is 265 g/mol. The van der Waals surface area contributed by atoms with Gasteiger partial charge < -0.3 is 16.0 Å². The summed E-state index contributed by atoms with van der Waals surface area (Å²) in [6.45, 7) is 0.00773. The quantitative estimate of drug-likeness (QED) is 0.584. The van der Waals surface area contributed by atoms with Crippen molar-refractivity contribution in [2.75, 3.05) is 24.2 Å². The number of nitrogens with two attached hydrogens (primary N) is 1. The van der Waals surface area contributed by atoms with Gasteiger partial charge in [-0.1, -0.05) is 0 Å². The summed E-state index contributed by atoms with van der Waals surface area (Å²) in [6.07, 6.45) is 1.98. The molecule has 1 fully saturated rings. The van der Waals surface area contributed by atoms with Gasteiger partial charge in [-0.15, -0.1) is 0 Å². The highest BCUT2D eigenvalue weighted by molar-refractivity contribution is 5.82. The highest BCUT2D eigenvalue weighted by Crippen LogP contribution is 2.26. The molecule has 1 aromatic heterocycles. The summed E-state index contributed by atoms with van der Waals surface area (Å²) >= 11 is 0. The molecule has 0 aliphatic heterocycles. The normalized spacial score (nSPS) is 13.9. The van der Waals surface area contributed by atoms with Crippen LogP contribution < -0.4 is 16.0 Å². The summed E-state index contributed by atoms with van der Waals surface area (Å²) in [6, 6.07) is 2.90. The van der Waals surface area contributed by atoms with Crippen LogP contribution in [0.3, 0.4) is 0 Å². The molecule has 0 saturated heterocycles. The number of amides is 1. The minimum absolute atomic E-state index is 0.00773. The van der Waals surface area contributed by atoms with Crippen LogP contribution in [0.1, 0.15) is 12.8 Å². The fourth-order valence-electron chi connectivity index (χ4n) is 1.67. The predicted molar refractivity (Wildman–Crippen MR) is 69.7 cm³/mol. The molecule has 1 heterocycles. The van der Waals surface area contributed by atoms with Gasteiger partial charge in [0, 0.05) is 19.2 Å². The van der Waals surface area contributed by atoms with Crippen LogP contribution in [-0.2, 0) is 4.79 Å². The lowest BCUT2D eigenvalue weighted by atomic mass is 10.3. The number of hydrogen-bond donors (Lipinski definition) is 2. The van der Waals surface area contributed by atoms with Crippen molar-refractivity contribution in [2.24, 2.45) is 0 Å². The maximum Gasteiger partial charge on any atom is 0.311 e. The zero-order valence-corrected chi connectivity index (χ0v) is 10.5. The molecule has 0 atom stereocenters. The smallest absolute Gasteiger partial charge is 0.311 e. The molecule has 1 saturated carbocycles. The number of nitrogens with zero attached hydrogens (tertiary/aromatic N) is 3. The maximum absolute atomic E-state index is 11.7. The van der Waals surface area contributed by atoms with Crippen LogP contribution in [0.15, 0.2) is 12.1 Å². The molecule has 8 nitrogen and oxygen atoms in total. The van der Waals surface area contributed by atoms with Crippen molar-refractivity contribution in [1.29, 1.82) is 0 Å². The standard InChI is InChI=1S/C11H15N5O3/c1-15(6-10(17)13-7-2-3-7)11-8(16(18)19)4-5-9(12)14-11/h4-5,7H,2-3,6H2,1H3,(H2,12,14)(H,13,17). The number of nitrogen functional groups attached to an aromatic ring is 1. The van der Waals surface area contributed by atoms with Crippen molar-refractivity contribution in [1.82, 2.24) is 10.3 Å². The summed E-state index contributed by atoms with van der Waals surface area (Å²) in [5.41, 5.74) is 5.36. The van der Waals surface area contributed by atoms with Gasteiger partial charge in [0.15, 0.2) is 0 Å². The number of carbonyl (C=O) groups excluding carboxylic acids is 1. The molecule has 0 bridgehead atoms. The molecule has 1 amide bonds. The molecular weight excluding hydrogens is 250 g/mol. The van der Waals surface area contributed by atoms with Crippen molar-refractivity contribution in [3.63, 3.8) is 0 Å². The third-order valence-corrected chi connectivity index (χ3v) is 2.76. The Morgan fingerprint density at radius 3 is 2.89 bits per heavy atom. The minimum Gasteiger partial charge on any atom is -0.384 e. The average molecular weight is 265 g/mol. The minimum atomic E-state index is -0.545. The van der Waals surface area contributed by atoms with Crippen molar-refractivity contribution >= 4 is 23.2 Å². The first-order valence-corrected chi connectivity index (χ1v) is 5.89. The fraction of sp³-hybridized carbons (Fsp3) is 0.455. The Bertz CT molecular complexity index is 515. The van der Waals surface area contributed by atoms with Crippen LogP contribution in [0.4, 0.5) is 17.3 Å². The van der Waals surface area contributed by atoms with E-state index in [1.54, 1.807) is 7.05 Å². The summed E-state index contributed by atoms with van der Waals surface area (Å²) in [7, 11) is 1.57. The Morgan fingerprint density at radius 1 is 1.63 bits per heavy atom. The average Bonchev–Trinajstić information content (AvgIpc) is 3.12. The first-order chi connectivity index (χ1) is 8.97. The van der Waals surface area contributed by atoms with Crippen molar-refractivity contribution in [3.8, 4) is 0 Å². The zero-order valence-electron chi connectivity index (χ0n) is 10.5. The van der Waals surface area contributed by atoms with Gasteiger partial charge in [-0.2, -0.15) is 0 Å². The lowest BCUT2D eigenvalue weighted by molar-refractivity contribution is -0.384. The van der Waals surface area contributed by atoms with Crippen LogP contribution in [0.25, 0.3) is 0 Å². The number of nitro groups is 1. The van der Waals surface area contributed by atoms with Crippen LogP contribution >= 0.6 is 0 Å². The number of hydrogen-bond acceptors (Lipinski definition) is 6. The van der Waals surface area contributed by atoms with Crippen molar-refractivity contribution in [2.45, 2.75) is 18.9 Å². The van der Waals surface area contributed by atoms with Gasteiger partial charge in [0.2, 0.25) is 11.7 Å². The van der Waals surface area contributed by atoms with E-state index < -0.39 is 4.92 Å². The van der Waals surface area contributed by atoms with E-state index in [0.717, 1.165) is 12.8 Å². The predicted octanol–water partition coefficient (Wildman–Crippen LogP) is 0.287. The van der Waals surface area contributed by atoms with E-state index in [0.29, 0.717) is 0 Å². The van der Waals surface area contributed by atoms with Gasteiger partial charge in [-0.25, -0.2) is 4.98 Å². The van der Waals surface area contributed by atoms with E-state index in [1.807, 2.05) is 0 Å². The second-order valence-corrected chi connectivity index (χ2v) is 4.53. The third kappa shape index (κ3) is 3.30. The number of aromatic nitrogens is 1. The number of nitrogens with one attached hydrogen (secondary N) is 1.